The average Bonchev–Trinajstić information content (AvgIpc) is 2.34. The molecular formula is C13H12BrClN2O. The van der Waals surface area contributed by atoms with Crippen LogP contribution in [0, 0.1) is 0 Å². The Labute approximate surface area is 119 Å². The van der Waals surface area contributed by atoms with Crippen molar-refractivity contribution in [1.29, 1.82) is 0 Å². The number of nitrogens with zero attached hydrogens (tertiary/aromatic N) is 1. The number of benzene rings is 1. The lowest BCUT2D eigenvalue weighted by Gasteiger charge is -2.08. The molecule has 0 aliphatic rings. The Morgan fingerprint density at radius 1 is 1.39 bits per heavy atom. The first kappa shape index (κ1) is 13.2. The fourth-order valence-corrected chi connectivity index (χ4v) is 2.44. The first-order valence-corrected chi connectivity index (χ1v) is 6.49. The van der Waals surface area contributed by atoms with Crippen LogP contribution in [0.4, 0.5) is 5.82 Å². The van der Waals surface area contributed by atoms with Crippen molar-refractivity contribution in [2.75, 3.05) is 12.8 Å². The van der Waals surface area contributed by atoms with Crippen LogP contribution in [0.2, 0.25) is 5.02 Å². The van der Waals surface area contributed by atoms with Crippen LogP contribution in [0.15, 0.2) is 34.9 Å². The van der Waals surface area contributed by atoms with Crippen LogP contribution < -0.4 is 10.5 Å². The summed E-state index contributed by atoms with van der Waals surface area (Å²) in [4.78, 5) is 4.04. The molecule has 0 saturated carbocycles. The predicted octanol–water partition coefficient (Wildman–Crippen LogP) is 3.68. The Morgan fingerprint density at radius 2 is 2.17 bits per heavy atom. The lowest BCUT2D eigenvalue weighted by atomic mass is 10.1. The zero-order chi connectivity index (χ0) is 13.1. The van der Waals surface area contributed by atoms with Gasteiger partial charge in [0.25, 0.3) is 0 Å². The first-order chi connectivity index (χ1) is 8.60. The molecule has 94 valence electrons. The van der Waals surface area contributed by atoms with E-state index in [1.807, 2.05) is 24.3 Å². The molecule has 2 rings (SSSR count). The molecule has 1 aromatic carbocycles. The summed E-state index contributed by atoms with van der Waals surface area (Å²) in [7, 11) is 1.64. The van der Waals surface area contributed by atoms with E-state index in [1.165, 1.54) is 0 Å². The van der Waals surface area contributed by atoms with E-state index in [-0.39, 0.29) is 0 Å². The highest BCUT2D eigenvalue weighted by atomic mass is 79.9. The molecule has 0 fully saturated rings. The number of hydrogen-bond acceptors (Lipinski definition) is 3. The van der Waals surface area contributed by atoms with Crippen LogP contribution in [0.25, 0.3) is 0 Å². The van der Waals surface area contributed by atoms with Crippen molar-refractivity contribution >= 4 is 33.3 Å². The van der Waals surface area contributed by atoms with Crippen LogP contribution in [-0.2, 0) is 6.42 Å². The van der Waals surface area contributed by atoms with Gasteiger partial charge in [-0.2, -0.15) is 0 Å². The SMILES string of the molecule is COc1ccc(Cc2cc(Cl)cnc2N)cc1Br. The number of aromatic nitrogens is 1. The minimum Gasteiger partial charge on any atom is -0.496 e. The minimum atomic E-state index is 0.506. The Hall–Kier alpha value is -1.26. The summed E-state index contributed by atoms with van der Waals surface area (Å²) in [5.74, 6) is 1.31. The molecule has 0 spiro atoms. The van der Waals surface area contributed by atoms with Crippen molar-refractivity contribution in [1.82, 2.24) is 4.98 Å². The maximum absolute atomic E-state index is 5.91. The Morgan fingerprint density at radius 3 is 2.83 bits per heavy atom. The van der Waals surface area contributed by atoms with Gasteiger partial charge in [0.15, 0.2) is 0 Å². The lowest BCUT2D eigenvalue weighted by molar-refractivity contribution is 0.412. The van der Waals surface area contributed by atoms with Crippen LogP contribution in [0.1, 0.15) is 11.1 Å². The Balaban J connectivity index is 2.28. The number of halogens is 2. The van der Waals surface area contributed by atoms with E-state index >= 15 is 0 Å². The Bertz CT molecular complexity index is 575. The van der Waals surface area contributed by atoms with E-state index < -0.39 is 0 Å². The summed E-state index contributed by atoms with van der Waals surface area (Å²) in [5, 5.41) is 0.590. The summed E-state index contributed by atoms with van der Waals surface area (Å²) in [6, 6.07) is 7.73. The van der Waals surface area contributed by atoms with Gasteiger partial charge in [-0.15, -0.1) is 0 Å². The van der Waals surface area contributed by atoms with Crippen LogP contribution in [0.5, 0.6) is 5.75 Å². The van der Waals surface area contributed by atoms with Crippen molar-refractivity contribution < 1.29 is 4.74 Å². The molecule has 0 radical (unpaired) electrons. The third-order valence-electron chi connectivity index (χ3n) is 2.58. The molecule has 2 N–H and O–H groups in total. The van der Waals surface area contributed by atoms with E-state index in [2.05, 4.69) is 20.9 Å². The molecule has 3 nitrogen and oxygen atoms in total. The lowest BCUT2D eigenvalue weighted by Crippen LogP contribution is -1.99. The molecule has 0 aliphatic carbocycles. The predicted molar refractivity (Wildman–Crippen MR) is 77.2 cm³/mol. The van der Waals surface area contributed by atoms with Gasteiger partial charge < -0.3 is 10.5 Å². The second-order valence-corrected chi connectivity index (χ2v) is 5.13. The number of pyridine rings is 1. The number of nitrogens with two attached hydrogens (primary N) is 1. The molecular weight excluding hydrogens is 316 g/mol. The third-order valence-corrected chi connectivity index (χ3v) is 3.41. The monoisotopic (exact) mass is 326 g/mol. The van der Waals surface area contributed by atoms with Crippen molar-refractivity contribution in [2.45, 2.75) is 6.42 Å². The molecule has 0 amide bonds. The normalized spacial score (nSPS) is 10.4. The van der Waals surface area contributed by atoms with Gasteiger partial charge in [-0.1, -0.05) is 17.7 Å². The second-order valence-electron chi connectivity index (χ2n) is 3.84. The summed E-state index contributed by atoms with van der Waals surface area (Å²) in [6.45, 7) is 0. The number of hydrogen-bond donors (Lipinski definition) is 1. The topological polar surface area (TPSA) is 48.1 Å². The fraction of sp³-hybridized carbons (Fsp3) is 0.154. The van der Waals surface area contributed by atoms with E-state index in [0.29, 0.717) is 17.3 Å². The maximum Gasteiger partial charge on any atom is 0.133 e. The van der Waals surface area contributed by atoms with Gasteiger partial charge in [0.1, 0.15) is 11.6 Å². The zero-order valence-corrected chi connectivity index (χ0v) is 12.1. The van der Waals surface area contributed by atoms with Crippen LogP contribution >= 0.6 is 27.5 Å². The van der Waals surface area contributed by atoms with Crippen molar-refractivity contribution in [3.63, 3.8) is 0 Å². The van der Waals surface area contributed by atoms with Crippen molar-refractivity contribution in [3.05, 3.63) is 51.1 Å². The van der Waals surface area contributed by atoms with Crippen molar-refractivity contribution in [2.24, 2.45) is 0 Å². The van der Waals surface area contributed by atoms with Gasteiger partial charge in [0.05, 0.1) is 16.6 Å². The molecule has 0 bridgehead atoms. The quantitative estimate of drug-likeness (QED) is 0.935. The van der Waals surface area contributed by atoms with Crippen LogP contribution in [0.3, 0.4) is 0 Å². The number of nitrogen functional groups attached to an aromatic ring is 1. The number of rotatable bonds is 3. The molecule has 0 aliphatic heterocycles. The number of methoxy groups -OCH3 is 1. The number of anilines is 1. The molecule has 0 saturated heterocycles. The molecule has 1 aromatic heterocycles. The molecule has 18 heavy (non-hydrogen) atoms. The van der Waals surface area contributed by atoms with Gasteiger partial charge in [-0.05, 0) is 39.7 Å². The summed E-state index contributed by atoms with van der Waals surface area (Å²) in [5.41, 5.74) is 7.85. The average molecular weight is 328 g/mol. The smallest absolute Gasteiger partial charge is 0.133 e. The largest absolute Gasteiger partial charge is 0.496 e. The van der Waals surface area contributed by atoms with Crippen molar-refractivity contribution in [3.8, 4) is 5.75 Å². The van der Waals surface area contributed by atoms with Gasteiger partial charge in [0, 0.05) is 18.2 Å². The standard InChI is InChI=1S/C13H12BrClN2O/c1-18-12-3-2-8(5-11(12)14)4-9-6-10(15)7-17-13(9)16/h2-3,5-7H,4H2,1H3,(H2,16,17). The van der Waals surface area contributed by atoms with Gasteiger partial charge >= 0.3 is 0 Å². The zero-order valence-electron chi connectivity index (χ0n) is 9.78. The highest BCUT2D eigenvalue weighted by Crippen LogP contribution is 2.27. The van der Waals surface area contributed by atoms with E-state index in [0.717, 1.165) is 21.3 Å². The second kappa shape index (κ2) is 5.59. The summed E-state index contributed by atoms with van der Waals surface area (Å²) < 4.78 is 6.10. The number of ether oxygens (including phenoxy) is 1. The highest BCUT2D eigenvalue weighted by Gasteiger charge is 2.06. The third kappa shape index (κ3) is 2.94. The van der Waals surface area contributed by atoms with Gasteiger partial charge in [-0.25, -0.2) is 4.98 Å². The van der Waals surface area contributed by atoms with E-state index in [1.54, 1.807) is 13.3 Å². The maximum atomic E-state index is 5.91. The Kier molecular flexibility index (Phi) is 4.09. The van der Waals surface area contributed by atoms with Gasteiger partial charge in [-0.3, -0.25) is 0 Å². The van der Waals surface area contributed by atoms with Gasteiger partial charge in [0.2, 0.25) is 0 Å². The van der Waals surface area contributed by atoms with Crippen LogP contribution in [-0.4, -0.2) is 12.1 Å². The van der Waals surface area contributed by atoms with E-state index in [4.69, 9.17) is 22.1 Å². The highest BCUT2D eigenvalue weighted by molar-refractivity contribution is 9.10. The first-order valence-electron chi connectivity index (χ1n) is 5.32. The summed E-state index contributed by atoms with van der Waals surface area (Å²) >= 11 is 9.37. The molecule has 0 atom stereocenters. The summed E-state index contributed by atoms with van der Waals surface area (Å²) in [6.07, 6.45) is 2.23. The fourth-order valence-electron chi connectivity index (χ4n) is 1.67. The minimum absolute atomic E-state index is 0.506. The molecule has 5 heteroatoms. The molecule has 1 heterocycles. The molecule has 0 unspecified atom stereocenters. The van der Waals surface area contributed by atoms with E-state index in [9.17, 15) is 0 Å². The molecule has 2 aromatic rings.